The highest BCUT2D eigenvalue weighted by molar-refractivity contribution is 5.71. The van der Waals surface area contributed by atoms with E-state index in [-0.39, 0.29) is 37.5 Å². The molecule has 0 heterocycles. The van der Waals surface area contributed by atoms with Crippen molar-refractivity contribution < 1.29 is 28.6 Å². The topological polar surface area (TPSA) is 78.9 Å². The first-order valence-corrected chi connectivity index (χ1v) is 30.5. The van der Waals surface area contributed by atoms with E-state index >= 15 is 0 Å². The van der Waals surface area contributed by atoms with E-state index in [4.69, 9.17) is 14.2 Å². The summed E-state index contributed by atoms with van der Waals surface area (Å²) in [6, 6.07) is 0. The van der Waals surface area contributed by atoms with Crippen molar-refractivity contribution in [3.63, 3.8) is 0 Å². The van der Waals surface area contributed by atoms with Crippen molar-refractivity contribution in [3.8, 4) is 0 Å². The second-order valence-electron chi connectivity index (χ2n) is 19.9. The van der Waals surface area contributed by atoms with E-state index in [9.17, 15) is 14.4 Å². The lowest BCUT2D eigenvalue weighted by Gasteiger charge is -2.18. The quantitative estimate of drug-likeness (QED) is 0.0261. The van der Waals surface area contributed by atoms with Crippen LogP contribution in [-0.4, -0.2) is 37.2 Å². The Morgan fingerprint density at radius 3 is 0.905 bits per heavy atom. The van der Waals surface area contributed by atoms with E-state index in [2.05, 4.69) is 142 Å². The lowest BCUT2D eigenvalue weighted by Crippen LogP contribution is -2.30. The minimum Gasteiger partial charge on any atom is -0.462 e. The van der Waals surface area contributed by atoms with Crippen molar-refractivity contribution in [2.45, 2.75) is 277 Å². The maximum absolute atomic E-state index is 12.9. The number of rotatable bonds is 54. The largest absolute Gasteiger partial charge is 0.462 e. The molecule has 0 spiro atoms. The summed E-state index contributed by atoms with van der Waals surface area (Å²) in [5.74, 6) is -0.982. The molecule has 6 heteroatoms. The Hall–Kier alpha value is -4.19. The van der Waals surface area contributed by atoms with E-state index in [1.807, 2.05) is 0 Å². The predicted octanol–water partition coefficient (Wildman–Crippen LogP) is 20.8. The molecule has 74 heavy (non-hydrogen) atoms. The maximum atomic E-state index is 12.9. The van der Waals surface area contributed by atoms with E-state index in [1.54, 1.807) is 0 Å². The summed E-state index contributed by atoms with van der Waals surface area (Å²) in [6.07, 6.45) is 84.8. The highest BCUT2D eigenvalue weighted by atomic mass is 16.6. The van der Waals surface area contributed by atoms with Gasteiger partial charge in [0.05, 0.1) is 0 Å². The van der Waals surface area contributed by atoms with Gasteiger partial charge in [-0.05, 0) is 128 Å². The molecule has 0 amide bonds. The van der Waals surface area contributed by atoms with Crippen LogP contribution in [0.15, 0.2) is 122 Å². The fourth-order valence-corrected chi connectivity index (χ4v) is 8.10. The highest BCUT2D eigenvalue weighted by Crippen LogP contribution is 2.14. The summed E-state index contributed by atoms with van der Waals surface area (Å²) >= 11 is 0. The third kappa shape index (κ3) is 58.7. The van der Waals surface area contributed by atoms with Crippen molar-refractivity contribution in [1.82, 2.24) is 0 Å². The van der Waals surface area contributed by atoms with Gasteiger partial charge in [-0.3, -0.25) is 14.4 Å². The average Bonchev–Trinajstić information content (AvgIpc) is 3.40. The zero-order valence-electron chi connectivity index (χ0n) is 48.1. The number of ether oxygens (including phenoxy) is 3. The molecule has 6 nitrogen and oxygen atoms in total. The van der Waals surface area contributed by atoms with Gasteiger partial charge in [-0.15, -0.1) is 0 Å². The molecule has 0 aromatic carbocycles. The molecule has 0 saturated heterocycles. The zero-order chi connectivity index (χ0) is 53.6. The number of unbranched alkanes of at least 4 members (excludes halogenated alkanes) is 23. The van der Waals surface area contributed by atoms with Crippen LogP contribution in [0, 0.1) is 0 Å². The van der Waals surface area contributed by atoms with Crippen molar-refractivity contribution in [2.75, 3.05) is 13.2 Å². The van der Waals surface area contributed by atoms with E-state index in [1.165, 1.54) is 109 Å². The van der Waals surface area contributed by atoms with E-state index in [0.29, 0.717) is 19.3 Å². The van der Waals surface area contributed by atoms with Gasteiger partial charge in [0.25, 0.3) is 0 Å². The first kappa shape index (κ1) is 69.8. The number of hydrogen-bond donors (Lipinski definition) is 0. The van der Waals surface area contributed by atoms with Gasteiger partial charge in [-0.2, -0.15) is 0 Å². The van der Waals surface area contributed by atoms with Gasteiger partial charge in [-0.1, -0.05) is 245 Å². The maximum Gasteiger partial charge on any atom is 0.306 e. The molecular weight excluding hydrogens is 913 g/mol. The normalized spacial score (nSPS) is 13.0. The first-order valence-electron chi connectivity index (χ1n) is 30.5. The molecule has 0 N–H and O–H groups in total. The van der Waals surface area contributed by atoms with Gasteiger partial charge in [0.1, 0.15) is 13.2 Å². The molecule has 420 valence electrons. The standard InChI is InChI=1S/C68H112O6/c1-4-7-10-13-16-19-22-25-28-30-32-33-34-35-36-38-40-43-46-49-52-55-58-61-67(70)73-64-65(63-72-66(69)60-57-54-51-48-45-42-39-27-24-21-18-15-12-9-6-3)74-68(71)62-59-56-53-50-47-44-41-37-31-29-26-23-20-17-14-11-8-5-2/h7,10,16,19-20,23,25,27-29,31-33,35-36,39-40,43,49,52,65H,4-6,8-9,11-15,17-18,21-22,24,26,30,34,37-38,41-42,44-48,50-51,53-64H2,1-3H3/b10-7-,19-16-,23-20-,28-25-,31-29-,33-32-,36-35-,39-27-,43-40-,52-49-. The average molecular weight is 1030 g/mol. The number of carbonyl (C=O) groups excluding carboxylic acids is 3. The Morgan fingerprint density at radius 2 is 0.541 bits per heavy atom. The lowest BCUT2D eigenvalue weighted by molar-refractivity contribution is -0.167. The first-order chi connectivity index (χ1) is 36.5. The van der Waals surface area contributed by atoms with Gasteiger partial charge >= 0.3 is 17.9 Å². The van der Waals surface area contributed by atoms with Crippen LogP contribution in [0.2, 0.25) is 0 Å². The molecule has 0 aliphatic heterocycles. The van der Waals surface area contributed by atoms with Crippen LogP contribution in [0.1, 0.15) is 271 Å². The SMILES string of the molecule is CC/C=C\C/C=C\C/C=C\C/C=C\C/C=C\C/C=C\C/C=C\CCCC(=O)OCC(COC(=O)CCCCCCC/C=C\CCCCCCCC)OC(=O)CCCCCCCCC/C=C\C/C=C\CCCCCC. The fourth-order valence-electron chi connectivity index (χ4n) is 8.10. The van der Waals surface area contributed by atoms with Crippen LogP contribution in [0.5, 0.6) is 0 Å². The number of allylic oxidation sites excluding steroid dienone is 20. The lowest BCUT2D eigenvalue weighted by atomic mass is 10.1. The van der Waals surface area contributed by atoms with Gasteiger partial charge in [0.2, 0.25) is 0 Å². The number of esters is 3. The van der Waals surface area contributed by atoms with Crippen LogP contribution < -0.4 is 0 Å². The molecule has 0 aromatic heterocycles. The Kier molecular flexibility index (Phi) is 57.9. The molecule has 0 aliphatic rings. The van der Waals surface area contributed by atoms with Crippen LogP contribution in [0.25, 0.3) is 0 Å². The highest BCUT2D eigenvalue weighted by Gasteiger charge is 2.19. The summed E-state index contributed by atoms with van der Waals surface area (Å²) in [5, 5.41) is 0. The van der Waals surface area contributed by atoms with E-state index in [0.717, 1.165) is 116 Å². The van der Waals surface area contributed by atoms with Gasteiger partial charge in [0, 0.05) is 19.3 Å². The third-order valence-corrected chi connectivity index (χ3v) is 12.7. The third-order valence-electron chi connectivity index (χ3n) is 12.7. The minimum absolute atomic E-state index is 0.106. The minimum atomic E-state index is -0.813. The molecule has 0 rings (SSSR count). The summed E-state index contributed by atoms with van der Waals surface area (Å²) in [6.45, 7) is 6.45. The molecule has 0 aromatic rings. The van der Waals surface area contributed by atoms with Crippen LogP contribution in [-0.2, 0) is 28.6 Å². The van der Waals surface area contributed by atoms with Crippen molar-refractivity contribution in [1.29, 1.82) is 0 Å². The molecule has 0 aliphatic carbocycles. The Labute approximate surface area is 456 Å². The smallest absolute Gasteiger partial charge is 0.306 e. The molecule has 0 bridgehead atoms. The van der Waals surface area contributed by atoms with Crippen LogP contribution in [0.3, 0.4) is 0 Å². The molecule has 1 unspecified atom stereocenters. The predicted molar refractivity (Wildman–Crippen MR) is 320 cm³/mol. The van der Waals surface area contributed by atoms with Crippen molar-refractivity contribution in [2.24, 2.45) is 0 Å². The molecule has 0 fully saturated rings. The molecule has 0 saturated carbocycles. The van der Waals surface area contributed by atoms with Gasteiger partial charge in [0.15, 0.2) is 6.10 Å². The Bertz CT molecular complexity index is 1550. The van der Waals surface area contributed by atoms with Crippen LogP contribution >= 0.6 is 0 Å². The van der Waals surface area contributed by atoms with Crippen LogP contribution in [0.4, 0.5) is 0 Å². The number of hydrogen-bond acceptors (Lipinski definition) is 6. The molecule has 1 atom stereocenters. The van der Waals surface area contributed by atoms with Crippen molar-refractivity contribution >= 4 is 17.9 Å². The summed E-state index contributed by atoms with van der Waals surface area (Å²) in [4.78, 5) is 38.2. The van der Waals surface area contributed by atoms with Crippen molar-refractivity contribution in [3.05, 3.63) is 122 Å². The summed E-state index contributed by atoms with van der Waals surface area (Å²) in [7, 11) is 0. The second kappa shape index (κ2) is 61.4. The summed E-state index contributed by atoms with van der Waals surface area (Å²) in [5.41, 5.74) is 0. The molecule has 0 radical (unpaired) electrons. The second-order valence-corrected chi connectivity index (χ2v) is 19.9. The van der Waals surface area contributed by atoms with Gasteiger partial charge in [-0.25, -0.2) is 0 Å². The van der Waals surface area contributed by atoms with Gasteiger partial charge < -0.3 is 14.2 Å². The number of carbonyl (C=O) groups is 3. The Balaban J connectivity index is 4.51. The monoisotopic (exact) mass is 1020 g/mol. The fraction of sp³-hybridized carbons (Fsp3) is 0.662. The Morgan fingerprint density at radius 1 is 0.284 bits per heavy atom. The zero-order valence-corrected chi connectivity index (χ0v) is 48.1. The molecular formula is C68H112O6. The summed E-state index contributed by atoms with van der Waals surface area (Å²) < 4.78 is 16.8. The van der Waals surface area contributed by atoms with E-state index < -0.39 is 6.10 Å².